The number of hydrogen-bond donors (Lipinski definition) is 1. The zero-order valence-corrected chi connectivity index (χ0v) is 15.3. The van der Waals surface area contributed by atoms with Gasteiger partial charge in [-0.2, -0.15) is 0 Å². The van der Waals surface area contributed by atoms with E-state index < -0.39 is 0 Å². The van der Waals surface area contributed by atoms with Crippen molar-refractivity contribution in [3.8, 4) is 0 Å². The summed E-state index contributed by atoms with van der Waals surface area (Å²) in [7, 11) is 4.10. The van der Waals surface area contributed by atoms with E-state index in [1.165, 1.54) is 44.9 Å². The highest BCUT2D eigenvalue weighted by molar-refractivity contribution is 5.80. The lowest BCUT2D eigenvalue weighted by Gasteiger charge is -2.63. The molecule has 0 aromatic carbocycles. The van der Waals surface area contributed by atoms with Gasteiger partial charge in [0, 0.05) is 57.8 Å². The van der Waals surface area contributed by atoms with E-state index in [-0.39, 0.29) is 0 Å². The lowest BCUT2D eigenvalue weighted by atomic mass is 9.46. The van der Waals surface area contributed by atoms with E-state index >= 15 is 0 Å². The summed E-state index contributed by atoms with van der Waals surface area (Å²) >= 11 is 0. The SMILES string of the molecule is CN=C(NC1C2CCOC2C12CCC2)N(C)CCC1CCOCC1. The highest BCUT2D eigenvalue weighted by atomic mass is 16.5. The third-order valence-electron chi connectivity index (χ3n) is 7.11. The average molecular weight is 335 g/mol. The number of nitrogens with one attached hydrogen (secondary N) is 1. The molecule has 2 saturated carbocycles. The van der Waals surface area contributed by atoms with Crippen molar-refractivity contribution in [2.24, 2.45) is 22.2 Å². The van der Waals surface area contributed by atoms with Crippen molar-refractivity contribution < 1.29 is 9.47 Å². The lowest BCUT2D eigenvalue weighted by molar-refractivity contribution is -0.171. The monoisotopic (exact) mass is 335 g/mol. The molecule has 4 fully saturated rings. The Morgan fingerprint density at radius 2 is 2.00 bits per heavy atom. The summed E-state index contributed by atoms with van der Waals surface area (Å²) in [4.78, 5) is 6.90. The summed E-state index contributed by atoms with van der Waals surface area (Å²) in [6, 6.07) is 0.572. The Balaban J connectivity index is 1.32. The van der Waals surface area contributed by atoms with Crippen LogP contribution >= 0.6 is 0 Å². The first-order valence-electron chi connectivity index (χ1n) is 9.88. The van der Waals surface area contributed by atoms with Gasteiger partial charge in [-0.1, -0.05) is 6.42 Å². The minimum Gasteiger partial charge on any atom is -0.381 e. The van der Waals surface area contributed by atoms with E-state index in [1.807, 2.05) is 7.05 Å². The molecule has 4 aliphatic rings. The Bertz CT molecular complexity index is 471. The van der Waals surface area contributed by atoms with Gasteiger partial charge in [-0.3, -0.25) is 4.99 Å². The van der Waals surface area contributed by atoms with Gasteiger partial charge in [0.1, 0.15) is 0 Å². The zero-order chi connectivity index (χ0) is 16.6. The minimum atomic E-state index is 0.415. The molecule has 5 heteroatoms. The molecule has 0 radical (unpaired) electrons. The molecule has 2 aliphatic carbocycles. The summed E-state index contributed by atoms with van der Waals surface area (Å²) in [5.41, 5.74) is 0.415. The molecule has 1 spiro atoms. The quantitative estimate of drug-likeness (QED) is 0.632. The van der Waals surface area contributed by atoms with Crippen LogP contribution in [0.3, 0.4) is 0 Å². The third kappa shape index (κ3) is 2.74. The fourth-order valence-electron chi connectivity index (χ4n) is 5.46. The second kappa shape index (κ2) is 6.83. The predicted octanol–water partition coefficient (Wildman–Crippen LogP) is 2.27. The summed E-state index contributed by atoms with van der Waals surface area (Å²) in [5, 5.41) is 3.83. The molecule has 4 rings (SSSR count). The maximum absolute atomic E-state index is 6.04. The van der Waals surface area contributed by atoms with Gasteiger partial charge in [0.15, 0.2) is 5.96 Å². The van der Waals surface area contributed by atoms with Crippen LogP contribution in [0.1, 0.15) is 44.9 Å². The van der Waals surface area contributed by atoms with Crippen molar-refractivity contribution in [2.75, 3.05) is 40.5 Å². The van der Waals surface area contributed by atoms with E-state index in [2.05, 4.69) is 22.3 Å². The molecular formula is C19H33N3O2. The Labute approximate surface area is 146 Å². The summed E-state index contributed by atoms with van der Waals surface area (Å²) < 4.78 is 11.5. The number of nitrogens with zero attached hydrogens (tertiary/aromatic N) is 2. The molecular weight excluding hydrogens is 302 g/mol. The molecule has 136 valence electrons. The molecule has 3 unspecified atom stereocenters. The number of rotatable bonds is 4. The molecule has 2 heterocycles. The smallest absolute Gasteiger partial charge is 0.193 e. The largest absolute Gasteiger partial charge is 0.381 e. The first-order chi connectivity index (χ1) is 11.7. The Morgan fingerprint density at radius 3 is 2.67 bits per heavy atom. The third-order valence-corrected chi connectivity index (χ3v) is 7.11. The maximum Gasteiger partial charge on any atom is 0.193 e. The van der Waals surface area contributed by atoms with Crippen LogP contribution in [-0.2, 0) is 9.47 Å². The van der Waals surface area contributed by atoms with Gasteiger partial charge in [0.05, 0.1) is 6.10 Å². The van der Waals surface area contributed by atoms with Gasteiger partial charge in [0.2, 0.25) is 0 Å². The highest BCUT2D eigenvalue weighted by Crippen LogP contribution is 2.62. The topological polar surface area (TPSA) is 46.1 Å². The molecule has 0 aromatic heterocycles. The Morgan fingerprint density at radius 1 is 1.21 bits per heavy atom. The van der Waals surface area contributed by atoms with Crippen LogP contribution in [-0.4, -0.2) is 63.5 Å². The van der Waals surface area contributed by atoms with Crippen LogP contribution in [0, 0.1) is 17.3 Å². The number of guanidine groups is 1. The van der Waals surface area contributed by atoms with E-state index in [0.717, 1.165) is 38.2 Å². The van der Waals surface area contributed by atoms with Crippen molar-refractivity contribution >= 4 is 5.96 Å². The fourth-order valence-corrected chi connectivity index (χ4v) is 5.46. The van der Waals surface area contributed by atoms with Gasteiger partial charge in [0.25, 0.3) is 0 Å². The van der Waals surface area contributed by atoms with Crippen LogP contribution in [0.5, 0.6) is 0 Å². The zero-order valence-electron chi connectivity index (χ0n) is 15.3. The van der Waals surface area contributed by atoms with Gasteiger partial charge < -0.3 is 19.7 Å². The molecule has 0 bridgehead atoms. The van der Waals surface area contributed by atoms with Crippen LogP contribution in [0.25, 0.3) is 0 Å². The van der Waals surface area contributed by atoms with Crippen LogP contribution in [0.15, 0.2) is 4.99 Å². The summed E-state index contributed by atoms with van der Waals surface area (Å²) in [5.74, 6) is 2.59. The normalized spacial score (nSPS) is 35.2. The van der Waals surface area contributed by atoms with Gasteiger partial charge >= 0.3 is 0 Å². The predicted molar refractivity (Wildman–Crippen MR) is 95.2 cm³/mol. The second-order valence-corrected chi connectivity index (χ2v) is 8.27. The molecule has 0 amide bonds. The van der Waals surface area contributed by atoms with E-state index in [4.69, 9.17) is 9.47 Å². The van der Waals surface area contributed by atoms with Crippen molar-refractivity contribution in [1.82, 2.24) is 10.2 Å². The number of fused-ring (bicyclic) bond motifs is 2. The highest BCUT2D eigenvalue weighted by Gasteiger charge is 2.66. The van der Waals surface area contributed by atoms with Gasteiger partial charge in [-0.15, -0.1) is 0 Å². The Kier molecular flexibility index (Phi) is 4.74. The maximum atomic E-state index is 6.04. The average Bonchev–Trinajstić information content (AvgIpc) is 2.98. The molecule has 2 aliphatic heterocycles. The van der Waals surface area contributed by atoms with Crippen LogP contribution in [0.4, 0.5) is 0 Å². The molecule has 2 saturated heterocycles. The van der Waals surface area contributed by atoms with Gasteiger partial charge in [-0.05, 0) is 44.4 Å². The standard InChI is InChI=1S/C19H33N3O2/c1-20-18(22(2)10-4-14-5-11-23-12-6-14)21-16-15-7-13-24-17(15)19(16)8-3-9-19/h14-17H,3-13H2,1-2H3,(H,20,21). The van der Waals surface area contributed by atoms with Gasteiger partial charge in [-0.25, -0.2) is 0 Å². The molecule has 0 aromatic rings. The first kappa shape index (κ1) is 16.6. The van der Waals surface area contributed by atoms with Crippen molar-refractivity contribution in [3.63, 3.8) is 0 Å². The van der Waals surface area contributed by atoms with E-state index in [1.54, 1.807) is 0 Å². The molecule has 24 heavy (non-hydrogen) atoms. The van der Waals surface area contributed by atoms with Crippen molar-refractivity contribution in [3.05, 3.63) is 0 Å². The second-order valence-electron chi connectivity index (χ2n) is 8.27. The Hall–Kier alpha value is -0.810. The summed E-state index contributed by atoms with van der Waals surface area (Å²) in [6.45, 7) is 3.91. The van der Waals surface area contributed by atoms with E-state index in [0.29, 0.717) is 23.5 Å². The molecule has 5 nitrogen and oxygen atoms in total. The number of ether oxygens (including phenoxy) is 2. The van der Waals surface area contributed by atoms with E-state index in [9.17, 15) is 0 Å². The van der Waals surface area contributed by atoms with Crippen molar-refractivity contribution in [2.45, 2.75) is 57.1 Å². The fraction of sp³-hybridized carbons (Fsp3) is 0.947. The van der Waals surface area contributed by atoms with Crippen LogP contribution < -0.4 is 5.32 Å². The first-order valence-corrected chi connectivity index (χ1v) is 9.88. The number of hydrogen-bond acceptors (Lipinski definition) is 3. The van der Waals surface area contributed by atoms with Crippen LogP contribution in [0.2, 0.25) is 0 Å². The molecule has 3 atom stereocenters. The minimum absolute atomic E-state index is 0.415. The lowest BCUT2D eigenvalue weighted by Crippen LogP contribution is -2.72. The summed E-state index contributed by atoms with van der Waals surface area (Å²) in [6.07, 6.45) is 9.43. The molecule has 1 N–H and O–H groups in total. The van der Waals surface area contributed by atoms with Crippen molar-refractivity contribution in [1.29, 1.82) is 0 Å². The number of aliphatic imine (C=N–C) groups is 1.